The van der Waals surface area contributed by atoms with Crippen molar-refractivity contribution < 1.29 is 23.8 Å². The standard InChI is InChI=1S/C25H26N2O5/c1-4-13-27-25(29)20(17-26)15-19-9-12-22(23(16-19)30-3)32-24(28)6-5-14-31-21-10-7-18(2)8-11-21/h4,7-12,15-16H,1,5-6,13-14H2,2-3H3,(H,27,29)/b20-15+. The summed E-state index contributed by atoms with van der Waals surface area (Å²) in [5, 5.41) is 11.8. The predicted octanol–water partition coefficient (Wildman–Crippen LogP) is 3.98. The van der Waals surface area contributed by atoms with Crippen molar-refractivity contribution in [3.63, 3.8) is 0 Å². The number of carbonyl (C=O) groups is 2. The fourth-order valence-corrected chi connectivity index (χ4v) is 2.65. The molecular formula is C25H26N2O5. The molecule has 1 amide bonds. The molecule has 2 aromatic carbocycles. The summed E-state index contributed by atoms with van der Waals surface area (Å²) >= 11 is 0. The molecule has 0 atom stereocenters. The van der Waals surface area contributed by atoms with E-state index in [4.69, 9.17) is 14.2 Å². The van der Waals surface area contributed by atoms with Gasteiger partial charge in [0, 0.05) is 13.0 Å². The van der Waals surface area contributed by atoms with Gasteiger partial charge in [-0.05, 0) is 49.2 Å². The molecule has 0 heterocycles. The summed E-state index contributed by atoms with van der Waals surface area (Å²) in [7, 11) is 1.44. The van der Waals surface area contributed by atoms with E-state index in [1.807, 2.05) is 37.3 Å². The maximum absolute atomic E-state index is 12.2. The van der Waals surface area contributed by atoms with Gasteiger partial charge in [0.2, 0.25) is 0 Å². The molecule has 0 aliphatic heterocycles. The van der Waals surface area contributed by atoms with Crippen LogP contribution in [-0.2, 0) is 9.59 Å². The van der Waals surface area contributed by atoms with Crippen molar-refractivity contribution >= 4 is 18.0 Å². The molecule has 0 unspecified atom stereocenters. The van der Waals surface area contributed by atoms with E-state index in [9.17, 15) is 14.9 Å². The topological polar surface area (TPSA) is 97.7 Å². The molecule has 7 heteroatoms. The van der Waals surface area contributed by atoms with Crippen molar-refractivity contribution in [2.75, 3.05) is 20.3 Å². The lowest BCUT2D eigenvalue weighted by Crippen LogP contribution is -2.24. The zero-order valence-electron chi connectivity index (χ0n) is 18.2. The van der Waals surface area contributed by atoms with E-state index in [0.717, 1.165) is 11.3 Å². The summed E-state index contributed by atoms with van der Waals surface area (Å²) in [6, 6.07) is 14.3. The molecule has 0 saturated heterocycles. The van der Waals surface area contributed by atoms with Crippen LogP contribution in [0.1, 0.15) is 24.0 Å². The lowest BCUT2D eigenvalue weighted by Gasteiger charge is -2.11. The molecule has 0 fully saturated rings. The molecule has 0 radical (unpaired) electrons. The third kappa shape index (κ3) is 7.65. The summed E-state index contributed by atoms with van der Waals surface area (Å²) in [6.07, 6.45) is 3.63. The van der Waals surface area contributed by atoms with Crippen LogP contribution in [0.4, 0.5) is 0 Å². The van der Waals surface area contributed by atoms with Crippen molar-refractivity contribution in [3.8, 4) is 23.3 Å². The van der Waals surface area contributed by atoms with Gasteiger partial charge in [-0.1, -0.05) is 29.8 Å². The number of nitrogens with one attached hydrogen (secondary N) is 1. The van der Waals surface area contributed by atoms with E-state index in [1.54, 1.807) is 18.2 Å². The molecule has 2 rings (SSSR count). The first-order chi connectivity index (χ1) is 15.5. The molecule has 0 aliphatic rings. The monoisotopic (exact) mass is 434 g/mol. The number of nitrogens with zero attached hydrogens (tertiary/aromatic N) is 1. The lowest BCUT2D eigenvalue weighted by molar-refractivity contribution is -0.134. The number of hydrogen-bond acceptors (Lipinski definition) is 6. The Hall–Kier alpha value is -4.05. The Kier molecular flexibility index (Phi) is 9.54. The number of methoxy groups -OCH3 is 1. The van der Waals surface area contributed by atoms with Gasteiger partial charge in [0.05, 0.1) is 13.7 Å². The number of carbonyl (C=O) groups excluding carboxylic acids is 2. The Morgan fingerprint density at radius 3 is 2.56 bits per heavy atom. The number of esters is 1. The summed E-state index contributed by atoms with van der Waals surface area (Å²) in [6.45, 7) is 6.17. The first kappa shape index (κ1) is 24.2. The van der Waals surface area contributed by atoms with Crippen molar-refractivity contribution in [3.05, 3.63) is 71.8 Å². The van der Waals surface area contributed by atoms with E-state index in [1.165, 1.54) is 19.3 Å². The van der Waals surface area contributed by atoms with Crippen LogP contribution < -0.4 is 19.5 Å². The second-order valence-corrected chi connectivity index (χ2v) is 6.82. The number of benzene rings is 2. The van der Waals surface area contributed by atoms with Crippen LogP contribution in [0.5, 0.6) is 17.2 Å². The summed E-state index contributed by atoms with van der Waals surface area (Å²) < 4.78 is 16.3. The molecule has 0 saturated carbocycles. The van der Waals surface area contributed by atoms with Gasteiger partial charge in [-0.3, -0.25) is 9.59 Å². The van der Waals surface area contributed by atoms with Crippen molar-refractivity contribution in [2.24, 2.45) is 0 Å². The molecular weight excluding hydrogens is 408 g/mol. The van der Waals surface area contributed by atoms with Crippen LogP contribution in [0.15, 0.2) is 60.7 Å². The van der Waals surface area contributed by atoms with Gasteiger partial charge >= 0.3 is 5.97 Å². The zero-order chi connectivity index (χ0) is 23.3. The largest absolute Gasteiger partial charge is 0.494 e. The highest BCUT2D eigenvalue weighted by Crippen LogP contribution is 2.29. The van der Waals surface area contributed by atoms with Gasteiger partial charge in [0.1, 0.15) is 17.4 Å². The Morgan fingerprint density at radius 2 is 1.91 bits per heavy atom. The van der Waals surface area contributed by atoms with Crippen LogP contribution in [-0.4, -0.2) is 32.1 Å². The highest BCUT2D eigenvalue weighted by Gasteiger charge is 2.12. The summed E-state index contributed by atoms with van der Waals surface area (Å²) in [5.74, 6) is 0.398. The quantitative estimate of drug-likeness (QED) is 0.143. The fourth-order valence-electron chi connectivity index (χ4n) is 2.65. The molecule has 1 N–H and O–H groups in total. The third-order valence-corrected chi connectivity index (χ3v) is 4.31. The molecule has 0 aromatic heterocycles. The van der Waals surface area contributed by atoms with Crippen molar-refractivity contribution in [1.29, 1.82) is 5.26 Å². The molecule has 32 heavy (non-hydrogen) atoms. The molecule has 0 spiro atoms. The number of ether oxygens (including phenoxy) is 3. The third-order valence-electron chi connectivity index (χ3n) is 4.31. The van der Waals surface area contributed by atoms with Gasteiger partial charge in [0.15, 0.2) is 11.5 Å². The SMILES string of the molecule is C=CCNC(=O)/C(C#N)=C/c1ccc(OC(=O)CCCOc2ccc(C)cc2)c(OC)c1. The zero-order valence-corrected chi connectivity index (χ0v) is 18.2. The van der Waals surface area contributed by atoms with E-state index in [2.05, 4.69) is 11.9 Å². The highest BCUT2D eigenvalue weighted by molar-refractivity contribution is 6.01. The van der Waals surface area contributed by atoms with E-state index >= 15 is 0 Å². The first-order valence-corrected chi connectivity index (χ1v) is 10.1. The lowest BCUT2D eigenvalue weighted by atomic mass is 10.1. The van der Waals surface area contributed by atoms with Gasteiger partial charge in [-0.25, -0.2) is 0 Å². The summed E-state index contributed by atoms with van der Waals surface area (Å²) in [4.78, 5) is 24.2. The number of amides is 1. The second kappa shape index (κ2) is 12.6. The molecule has 0 aliphatic carbocycles. The number of hydrogen-bond donors (Lipinski definition) is 1. The molecule has 0 bridgehead atoms. The predicted molar refractivity (Wildman–Crippen MR) is 121 cm³/mol. The van der Waals surface area contributed by atoms with Crippen molar-refractivity contribution in [1.82, 2.24) is 5.32 Å². The minimum atomic E-state index is -0.505. The van der Waals surface area contributed by atoms with Gasteiger partial charge in [0.25, 0.3) is 5.91 Å². The average Bonchev–Trinajstić information content (AvgIpc) is 2.80. The van der Waals surface area contributed by atoms with Crippen LogP contribution >= 0.6 is 0 Å². The van der Waals surface area contributed by atoms with Crippen LogP contribution in [0.2, 0.25) is 0 Å². The average molecular weight is 434 g/mol. The summed E-state index contributed by atoms with van der Waals surface area (Å²) in [5.41, 5.74) is 1.64. The number of nitriles is 1. The van der Waals surface area contributed by atoms with Crippen LogP contribution in [0.25, 0.3) is 6.08 Å². The fraction of sp³-hybridized carbons (Fsp3) is 0.240. The van der Waals surface area contributed by atoms with E-state index < -0.39 is 11.9 Å². The number of rotatable bonds is 11. The normalized spacial score (nSPS) is 10.6. The van der Waals surface area contributed by atoms with Gasteiger partial charge in [-0.2, -0.15) is 5.26 Å². The van der Waals surface area contributed by atoms with E-state index in [0.29, 0.717) is 24.3 Å². The Morgan fingerprint density at radius 1 is 1.16 bits per heavy atom. The van der Waals surface area contributed by atoms with Crippen LogP contribution in [0, 0.1) is 18.3 Å². The van der Waals surface area contributed by atoms with Gasteiger partial charge in [-0.15, -0.1) is 6.58 Å². The molecule has 166 valence electrons. The molecule has 7 nitrogen and oxygen atoms in total. The minimum absolute atomic E-state index is 0.0628. The maximum Gasteiger partial charge on any atom is 0.311 e. The van der Waals surface area contributed by atoms with Crippen molar-refractivity contribution in [2.45, 2.75) is 19.8 Å². The Balaban J connectivity index is 1.93. The smallest absolute Gasteiger partial charge is 0.311 e. The van der Waals surface area contributed by atoms with Gasteiger partial charge < -0.3 is 19.5 Å². The van der Waals surface area contributed by atoms with E-state index in [-0.39, 0.29) is 24.3 Å². The molecule has 2 aromatic rings. The Labute approximate surface area is 187 Å². The second-order valence-electron chi connectivity index (χ2n) is 6.82. The highest BCUT2D eigenvalue weighted by atomic mass is 16.6. The number of aryl methyl sites for hydroxylation is 1. The Bertz CT molecular complexity index is 1020. The first-order valence-electron chi connectivity index (χ1n) is 10.1. The maximum atomic E-state index is 12.2. The minimum Gasteiger partial charge on any atom is -0.494 e. The van der Waals surface area contributed by atoms with Crippen LogP contribution in [0.3, 0.4) is 0 Å².